The number of carbonyl (C=O) groups is 1. The average Bonchev–Trinajstić information content (AvgIpc) is 3.04. The number of hydrogen-bond acceptors (Lipinski definition) is 7. The zero-order chi connectivity index (χ0) is 15.8. The van der Waals surface area contributed by atoms with Gasteiger partial charge in [-0.1, -0.05) is 26.2 Å². The molecule has 1 unspecified atom stereocenters. The molecular formula is C14H19N5O3. The van der Waals surface area contributed by atoms with Gasteiger partial charge in [-0.3, -0.25) is 10.0 Å². The maximum absolute atomic E-state index is 10.6. The quantitative estimate of drug-likeness (QED) is 0.327. The monoisotopic (exact) mass is 305 g/mol. The Morgan fingerprint density at radius 3 is 2.77 bits per heavy atom. The fraction of sp³-hybridized carbons (Fsp3) is 0.500. The van der Waals surface area contributed by atoms with Crippen LogP contribution in [0.3, 0.4) is 0 Å². The Hall–Kier alpha value is -2.35. The lowest BCUT2D eigenvalue weighted by atomic mass is 10.0. The van der Waals surface area contributed by atoms with Gasteiger partial charge in [0.25, 0.3) is 5.89 Å². The Kier molecular flexibility index (Phi) is 5.96. The van der Waals surface area contributed by atoms with E-state index >= 15 is 0 Å². The van der Waals surface area contributed by atoms with Gasteiger partial charge in [-0.05, 0) is 12.5 Å². The first-order valence-electron chi connectivity index (χ1n) is 7.26. The minimum atomic E-state index is -0.216. The fourth-order valence-corrected chi connectivity index (χ4v) is 2.10. The summed E-state index contributed by atoms with van der Waals surface area (Å²) in [7, 11) is 0. The predicted octanol–water partition coefficient (Wildman–Crippen LogP) is 2.04. The van der Waals surface area contributed by atoms with E-state index in [-0.39, 0.29) is 18.4 Å². The summed E-state index contributed by atoms with van der Waals surface area (Å²) in [6.45, 7) is 2.22. The number of nitrogens with zero attached hydrogens (tertiary/aromatic N) is 5. The van der Waals surface area contributed by atoms with Gasteiger partial charge in [0.15, 0.2) is 0 Å². The third-order valence-corrected chi connectivity index (χ3v) is 3.23. The summed E-state index contributed by atoms with van der Waals surface area (Å²) >= 11 is 0. The molecule has 2 aromatic rings. The van der Waals surface area contributed by atoms with Crippen molar-refractivity contribution in [1.82, 2.24) is 25.2 Å². The number of hydrogen-bond donors (Lipinski definition) is 1. The number of rotatable bonds is 9. The molecule has 8 nitrogen and oxygen atoms in total. The second-order valence-corrected chi connectivity index (χ2v) is 4.94. The van der Waals surface area contributed by atoms with Crippen LogP contribution < -0.4 is 0 Å². The van der Waals surface area contributed by atoms with Crippen LogP contribution in [0.2, 0.25) is 0 Å². The average molecular weight is 305 g/mol. The van der Waals surface area contributed by atoms with Crippen molar-refractivity contribution in [2.45, 2.75) is 38.5 Å². The predicted molar refractivity (Wildman–Crippen MR) is 76.8 cm³/mol. The second kappa shape index (κ2) is 8.18. The van der Waals surface area contributed by atoms with Crippen molar-refractivity contribution in [3.8, 4) is 11.7 Å². The molecule has 0 aliphatic heterocycles. The largest absolute Gasteiger partial charge is 0.418 e. The van der Waals surface area contributed by atoms with E-state index in [0.29, 0.717) is 23.2 Å². The lowest BCUT2D eigenvalue weighted by molar-refractivity contribution is -0.151. The molecule has 0 saturated carbocycles. The Morgan fingerprint density at radius 1 is 1.32 bits per heavy atom. The molecule has 0 saturated heterocycles. The van der Waals surface area contributed by atoms with Crippen molar-refractivity contribution >= 4 is 6.41 Å². The second-order valence-electron chi connectivity index (χ2n) is 4.94. The van der Waals surface area contributed by atoms with Crippen LogP contribution in [0.15, 0.2) is 22.9 Å². The van der Waals surface area contributed by atoms with Gasteiger partial charge in [-0.15, -0.1) is 10.2 Å². The molecule has 0 radical (unpaired) electrons. The molecule has 2 rings (SSSR count). The lowest BCUT2D eigenvalue weighted by Crippen LogP contribution is -2.24. The first-order valence-corrected chi connectivity index (χ1v) is 7.26. The van der Waals surface area contributed by atoms with Crippen LogP contribution in [0, 0.1) is 0 Å². The first kappa shape index (κ1) is 16.0. The Labute approximate surface area is 128 Å². The van der Waals surface area contributed by atoms with Crippen molar-refractivity contribution in [1.29, 1.82) is 0 Å². The van der Waals surface area contributed by atoms with Crippen LogP contribution in [-0.4, -0.2) is 43.4 Å². The van der Waals surface area contributed by atoms with Gasteiger partial charge in [0.2, 0.25) is 18.1 Å². The molecule has 2 aromatic heterocycles. The van der Waals surface area contributed by atoms with Gasteiger partial charge in [-0.25, -0.2) is 15.0 Å². The topological polar surface area (TPSA) is 105 Å². The van der Waals surface area contributed by atoms with Gasteiger partial charge in [0.05, 0.1) is 12.5 Å². The van der Waals surface area contributed by atoms with Crippen LogP contribution in [0.5, 0.6) is 0 Å². The molecular weight excluding hydrogens is 286 g/mol. The fourth-order valence-electron chi connectivity index (χ4n) is 2.10. The van der Waals surface area contributed by atoms with Crippen LogP contribution in [0.25, 0.3) is 11.7 Å². The maximum atomic E-state index is 10.6. The molecule has 2 heterocycles. The molecule has 0 aliphatic carbocycles. The molecule has 22 heavy (non-hydrogen) atoms. The van der Waals surface area contributed by atoms with Crippen molar-refractivity contribution in [3.63, 3.8) is 0 Å². The summed E-state index contributed by atoms with van der Waals surface area (Å²) in [6, 6.07) is 1.70. The Bertz CT molecular complexity index is 575. The summed E-state index contributed by atoms with van der Waals surface area (Å²) in [6.07, 6.45) is 7.38. The van der Waals surface area contributed by atoms with E-state index in [0.717, 1.165) is 25.7 Å². The van der Waals surface area contributed by atoms with Crippen molar-refractivity contribution in [2.24, 2.45) is 0 Å². The number of carbonyl (C=O) groups excluding carboxylic acids is 1. The zero-order valence-corrected chi connectivity index (χ0v) is 12.4. The van der Waals surface area contributed by atoms with E-state index in [9.17, 15) is 10.0 Å². The van der Waals surface area contributed by atoms with Crippen LogP contribution in [-0.2, 0) is 4.79 Å². The van der Waals surface area contributed by atoms with Crippen LogP contribution >= 0.6 is 0 Å². The Morgan fingerprint density at radius 2 is 2.09 bits per heavy atom. The van der Waals surface area contributed by atoms with E-state index in [4.69, 9.17) is 4.42 Å². The number of unbranched alkanes of at least 4 members (excludes halogenated alkanes) is 2. The molecule has 8 heteroatoms. The molecule has 0 fully saturated rings. The minimum absolute atomic E-state index is 0.116. The number of hydroxylamine groups is 2. The molecule has 118 valence electrons. The van der Waals surface area contributed by atoms with E-state index in [1.54, 1.807) is 18.5 Å². The van der Waals surface area contributed by atoms with Gasteiger partial charge in [-0.2, -0.15) is 0 Å². The van der Waals surface area contributed by atoms with Gasteiger partial charge >= 0.3 is 0 Å². The highest BCUT2D eigenvalue weighted by Gasteiger charge is 2.22. The molecule has 0 spiro atoms. The third kappa shape index (κ3) is 4.32. The molecule has 0 aliphatic rings. The molecule has 1 atom stereocenters. The summed E-state index contributed by atoms with van der Waals surface area (Å²) in [5.74, 6) is 0.739. The highest BCUT2D eigenvalue weighted by molar-refractivity contribution is 5.44. The summed E-state index contributed by atoms with van der Waals surface area (Å²) in [5.41, 5.74) is 0. The van der Waals surface area contributed by atoms with Crippen LogP contribution in [0.1, 0.15) is 44.4 Å². The normalized spacial score (nSPS) is 12.1. The van der Waals surface area contributed by atoms with Crippen molar-refractivity contribution in [2.75, 3.05) is 6.54 Å². The minimum Gasteiger partial charge on any atom is -0.418 e. The van der Waals surface area contributed by atoms with Crippen molar-refractivity contribution in [3.05, 3.63) is 24.4 Å². The van der Waals surface area contributed by atoms with E-state index in [1.165, 1.54) is 0 Å². The maximum Gasteiger partial charge on any atom is 0.285 e. The van der Waals surface area contributed by atoms with Crippen molar-refractivity contribution < 1.29 is 14.4 Å². The number of amides is 1. The standard InChI is InChI=1S/C14H19N5O3/c1-2-3-4-6-11(9-19(21)10-20)13-17-18-14(22-13)12-15-7-5-8-16-12/h5,7-8,10-11,21H,2-4,6,9H2,1H3. The molecule has 1 amide bonds. The van der Waals surface area contributed by atoms with Gasteiger partial charge in [0.1, 0.15) is 0 Å². The number of aromatic nitrogens is 4. The first-order chi connectivity index (χ1) is 10.7. The highest BCUT2D eigenvalue weighted by Crippen LogP contribution is 2.24. The summed E-state index contributed by atoms with van der Waals surface area (Å²) < 4.78 is 5.61. The lowest BCUT2D eigenvalue weighted by Gasteiger charge is -2.16. The SMILES string of the molecule is CCCCCC(CN(O)C=O)c1nnc(-c2ncccn2)o1. The van der Waals surface area contributed by atoms with E-state index < -0.39 is 0 Å². The van der Waals surface area contributed by atoms with Gasteiger partial charge < -0.3 is 4.42 Å². The molecule has 1 N–H and O–H groups in total. The summed E-state index contributed by atoms with van der Waals surface area (Å²) in [4.78, 5) is 18.7. The van der Waals surface area contributed by atoms with E-state index in [1.807, 2.05) is 0 Å². The highest BCUT2D eigenvalue weighted by atomic mass is 16.5. The van der Waals surface area contributed by atoms with Gasteiger partial charge in [0, 0.05) is 12.4 Å². The van der Waals surface area contributed by atoms with E-state index in [2.05, 4.69) is 27.1 Å². The smallest absolute Gasteiger partial charge is 0.285 e. The third-order valence-electron chi connectivity index (χ3n) is 3.23. The molecule has 0 aromatic carbocycles. The Balaban J connectivity index is 2.12. The van der Waals surface area contributed by atoms with Crippen LogP contribution in [0.4, 0.5) is 0 Å². The summed E-state index contributed by atoms with van der Waals surface area (Å²) in [5, 5.41) is 18.0. The zero-order valence-electron chi connectivity index (χ0n) is 12.4. The molecule has 0 bridgehead atoms.